The van der Waals surface area contributed by atoms with Crippen molar-refractivity contribution in [3.05, 3.63) is 59.9 Å². The second-order valence-electron chi connectivity index (χ2n) is 10.5. The summed E-state index contributed by atoms with van der Waals surface area (Å²) in [5.74, 6) is 0.543. The lowest BCUT2D eigenvalue weighted by Crippen LogP contribution is -2.48. The lowest BCUT2D eigenvalue weighted by atomic mass is 9.94. The summed E-state index contributed by atoms with van der Waals surface area (Å²) in [7, 11) is 0. The Kier molecular flexibility index (Phi) is 9.79. The number of aromatic nitrogens is 1. The van der Waals surface area contributed by atoms with Gasteiger partial charge in [-0.25, -0.2) is 0 Å². The van der Waals surface area contributed by atoms with E-state index in [-0.39, 0.29) is 30.3 Å². The number of benzene rings is 1. The number of nitrogens with zero attached hydrogens (tertiary/aromatic N) is 3. The molecule has 0 unspecified atom stereocenters. The van der Waals surface area contributed by atoms with Crippen LogP contribution in [-0.4, -0.2) is 45.3 Å². The molecule has 0 N–H and O–H groups in total. The predicted molar refractivity (Wildman–Crippen MR) is 138 cm³/mol. The molecule has 5 heteroatoms. The van der Waals surface area contributed by atoms with Gasteiger partial charge in [0.25, 0.3) is 0 Å². The Morgan fingerprint density at radius 3 is 2.32 bits per heavy atom. The van der Waals surface area contributed by atoms with E-state index in [0.717, 1.165) is 31.5 Å². The Hall–Kier alpha value is -2.56. The van der Waals surface area contributed by atoms with Crippen molar-refractivity contribution in [3.63, 3.8) is 0 Å². The summed E-state index contributed by atoms with van der Waals surface area (Å²) in [5, 5.41) is 0. The molecule has 2 amide bonds. The van der Waals surface area contributed by atoms with Crippen molar-refractivity contribution >= 4 is 11.8 Å². The van der Waals surface area contributed by atoms with Crippen molar-refractivity contribution in [1.29, 1.82) is 0 Å². The molecule has 0 saturated heterocycles. The molecule has 1 aliphatic carbocycles. The molecular weight excluding hydrogens is 422 g/mol. The van der Waals surface area contributed by atoms with E-state index in [1.54, 1.807) is 4.90 Å². The molecule has 0 bridgehead atoms. The van der Waals surface area contributed by atoms with Gasteiger partial charge in [-0.2, -0.15) is 0 Å². The summed E-state index contributed by atoms with van der Waals surface area (Å²) in [6.45, 7) is 10.4. The fraction of sp³-hybridized carbons (Fsp3) is 0.586. The maximum Gasteiger partial charge on any atom is 0.242 e. The number of hydrogen-bond donors (Lipinski definition) is 0. The van der Waals surface area contributed by atoms with Gasteiger partial charge in [0.1, 0.15) is 0 Å². The van der Waals surface area contributed by atoms with Gasteiger partial charge in [0.05, 0.1) is 13.1 Å². The van der Waals surface area contributed by atoms with Crippen LogP contribution in [0.25, 0.3) is 0 Å². The normalized spacial score (nSPS) is 14.5. The average Bonchev–Trinajstić information content (AvgIpc) is 3.27. The number of carbonyl (C=O) groups is 2. The lowest BCUT2D eigenvalue weighted by Gasteiger charge is -2.36. The molecule has 2 aromatic rings. The molecule has 1 aromatic heterocycles. The Labute approximate surface area is 206 Å². The molecule has 34 heavy (non-hydrogen) atoms. The quantitative estimate of drug-likeness (QED) is 0.425. The van der Waals surface area contributed by atoms with E-state index in [4.69, 9.17) is 0 Å². The Balaban J connectivity index is 1.78. The fourth-order valence-electron chi connectivity index (χ4n) is 4.82. The zero-order valence-electron chi connectivity index (χ0n) is 21.6. The van der Waals surface area contributed by atoms with Gasteiger partial charge >= 0.3 is 0 Å². The van der Waals surface area contributed by atoms with E-state index < -0.39 is 0 Å². The van der Waals surface area contributed by atoms with Crippen LogP contribution in [0.4, 0.5) is 0 Å². The van der Waals surface area contributed by atoms with Crippen molar-refractivity contribution in [2.75, 3.05) is 13.1 Å². The minimum atomic E-state index is -0.105. The standard InChI is InChI=1S/C29H43N3O2/c1-23(2)17-19-31(29(34)24(3)4)22-28(33)32(26-14-9-6-10-15-26)21-27-16-11-18-30(27)20-25-12-7-5-8-13-25/h5,7-8,11-13,16,18,23-24,26H,6,9-10,14-15,17,19-22H2,1-4H3. The average molecular weight is 466 g/mol. The molecule has 0 aliphatic heterocycles. The van der Waals surface area contributed by atoms with Crippen molar-refractivity contribution in [2.45, 2.75) is 85.4 Å². The summed E-state index contributed by atoms with van der Waals surface area (Å²) in [6, 6.07) is 14.9. The minimum Gasteiger partial charge on any atom is -0.345 e. The fourth-order valence-corrected chi connectivity index (χ4v) is 4.82. The van der Waals surface area contributed by atoms with Gasteiger partial charge in [-0.3, -0.25) is 9.59 Å². The summed E-state index contributed by atoms with van der Waals surface area (Å²) in [6.07, 6.45) is 8.70. The SMILES string of the molecule is CC(C)CCN(CC(=O)N(Cc1cccn1Cc1ccccc1)C1CCCCC1)C(=O)C(C)C. The van der Waals surface area contributed by atoms with Crippen LogP contribution in [0.3, 0.4) is 0 Å². The van der Waals surface area contributed by atoms with Crippen LogP contribution in [0.15, 0.2) is 48.7 Å². The third kappa shape index (κ3) is 7.48. The molecule has 3 rings (SSSR count). The first-order valence-electron chi connectivity index (χ1n) is 13.1. The van der Waals surface area contributed by atoms with Gasteiger partial charge < -0.3 is 14.4 Å². The Bertz CT molecular complexity index is 897. The minimum absolute atomic E-state index is 0.0741. The third-order valence-corrected chi connectivity index (χ3v) is 6.90. The molecular formula is C29H43N3O2. The topological polar surface area (TPSA) is 45.6 Å². The summed E-state index contributed by atoms with van der Waals surface area (Å²) in [5.41, 5.74) is 2.39. The van der Waals surface area contributed by atoms with Crippen molar-refractivity contribution in [3.8, 4) is 0 Å². The monoisotopic (exact) mass is 465 g/mol. The van der Waals surface area contributed by atoms with Gasteiger partial charge in [0, 0.05) is 36.9 Å². The maximum atomic E-state index is 13.7. The lowest BCUT2D eigenvalue weighted by molar-refractivity contribution is -0.144. The summed E-state index contributed by atoms with van der Waals surface area (Å²) < 4.78 is 2.24. The van der Waals surface area contributed by atoms with Crippen LogP contribution in [0.2, 0.25) is 0 Å². The van der Waals surface area contributed by atoms with Gasteiger partial charge in [-0.05, 0) is 42.9 Å². The summed E-state index contributed by atoms with van der Waals surface area (Å²) >= 11 is 0. The van der Waals surface area contributed by atoms with Crippen LogP contribution in [0.1, 0.15) is 77.5 Å². The molecule has 1 aromatic carbocycles. The first-order valence-corrected chi connectivity index (χ1v) is 13.1. The van der Waals surface area contributed by atoms with Crippen LogP contribution >= 0.6 is 0 Å². The largest absolute Gasteiger partial charge is 0.345 e. The smallest absolute Gasteiger partial charge is 0.242 e. The van der Waals surface area contributed by atoms with E-state index in [1.807, 2.05) is 19.9 Å². The third-order valence-electron chi connectivity index (χ3n) is 6.90. The highest BCUT2D eigenvalue weighted by Gasteiger charge is 2.29. The van der Waals surface area contributed by atoms with Crippen LogP contribution < -0.4 is 0 Å². The van der Waals surface area contributed by atoms with Crippen molar-refractivity contribution in [1.82, 2.24) is 14.4 Å². The molecule has 0 spiro atoms. The number of rotatable bonds is 11. The predicted octanol–water partition coefficient (Wildman–Crippen LogP) is 5.73. The second-order valence-corrected chi connectivity index (χ2v) is 10.5. The molecule has 0 radical (unpaired) electrons. The molecule has 186 valence electrons. The number of carbonyl (C=O) groups excluding carboxylic acids is 2. The van der Waals surface area contributed by atoms with E-state index in [1.165, 1.54) is 24.8 Å². The van der Waals surface area contributed by atoms with Gasteiger partial charge in [0.15, 0.2) is 0 Å². The molecule has 1 saturated carbocycles. The molecule has 1 heterocycles. The van der Waals surface area contributed by atoms with Crippen LogP contribution in [0, 0.1) is 11.8 Å². The molecule has 5 nitrogen and oxygen atoms in total. The molecule has 0 atom stereocenters. The van der Waals surface area contributed by atoms with Crippen LogP contribution in [0.5, 0.6) is 0 Å². The molecule has 1 fully saturated rings. The van der Waals surface area contributed by atoms with E-state index in [9.17, 15) is 9.59 Å². The highest BCUT2D eigenvalue weighted by Crippen LogP contribution is 2.25. The number of amides is 2. The van der Waals surface area contributed by atoms with Crippen molar-refractivity contribution in [2.24, 2.45) is 11.8 Å². The van der Waals surface area contributed by atoms with Crippen LogP contribution in [-0.2, 0) is 22.7 Å². The van der Waals surface area contributed by atoms with Gasteiger partial charge in [0.2, 0.25) is 11.8 Å². The van der Waals surface area contributed by atoms with E-state index in [2.05, 4.69) is 65.9 Å². The highest BCUT2D eigenvalue weighted by atomic mass is 16.2. The first kappa shape index (κ1) is 26.1. The van der Waals surface area contributed by atoms with E-state index >= 15 is 0 Å². The Morgan fingerprint density at radius 1 is 0.971 bits per heavy atom. The van der Waals surface area contributed by atoms with Crippen molar-refractivity contribution < 1.29 is 9.59 Å². The van der Waals surface area contributed by atoms with Gasteiger partial charge in [-0.1, -0.05) is 77.3 Å². The zero-order valence-corrected chi connectivity index (χ0v) is 21.6. The first-order chi connectivity index (χ1) is 16.3. The second kappa shape index (κ2) is 12.8. The summed E-state index contributed by atoms with van der Waals surface area (Å²) in [4.78, 5) is 30.5. The Morgan fingerprint density at radius 2 is 1.68 bits per heavy atom. The number of hydrogen-bond acceptors (Lipinski definition) is 2. The maximum absolute atomic E-state index is 13.7. The molecule has 1 aliphatic rings. The zero-order chi connectivity index (χ0) is 24.5. The van der Waals surface area contributed by atoms with Gasteiger partial charge in [-0.15, -0.1) is 0 Å². The van der Waals surface area contributed by atoms with E-state index in [0.29, 0.717) is 19.0 Å². The highest BCUT2D eigenvalue weighted by molar-refractivity contribution is 5.85.